The monoisotopic (exact) mass is 239 g/mol. The summed E-state index contributed by atoms with van der Waals surface area (Å²) in [6.07, 6.45) is 0. The van der Waals surface area contributed by atoms with Gasteiger partial charge in [0.05, 0.1) is 17.7 Å². The van der Waals surface area contributed by atoms with E-state index < -0.39 is 0 Å². The van der Waals surface area contributed by atoms with Crippen molar-refractivity contribution < 1.29 is 14.6 Å². The second-order valence-corrected chi connectivity index (χ2v) is 5.00. The van der Waals surface area contributed by atoms with Gasteiger partial charge in [-0.2, -0.15) is 0 Å². The molecule has 0 bridgehead atoms. The van der Waals surface area contributed by atoms with E-state index in [1.165, 1.54) is 0 Å². The lowest BCUT2D eigenvalue weighted by atomic mass is 9.82. The molecule has 2 rings (SSSR count). The lowest BCUT2D eigenvalue weighted by Gasteiger charge is -2.20. The normalized spacial score (nSPS) is 17.1. The first-order valence-corrected chi connectivity index (χ1v) is 5.65. The standard InChI is InChI=1S/C11H13NO3S/c1-7-11(2,3)9-6-8(16-15-14-13)4-5-10(9)12-7/h4-6,13H,1-3H3. The van der Waals surface area contributed by atoms with Crippen LogP contribution in [0.5, 0.6) is 0 Å². The van der Waals surface area contributed by atoms with Crippen molar-refractivity contribution in [1.82, 2.24) is 0 Å². The lowest BCUT2D eigenvalue weighted by molar-refractivity contribution is -0.432. The molecule has 1 N–H and O–H groups in total. The quantitative estimate of drug-likeness (QED) is 0.498. The van der Waals surface area contributed by atoms with Gasteiger partial charge in [-0.05, 0) is 30.7 Å². The summed E-state index contributed by atoms with van der Waals surface area (Å²) < 4.78 is 4.41. The van der Waals surface area contributed by atoms with Gasteiger partial charge in [0.2, 0.25) is 0 Å². The van der Waals surface area contributed by atoms with E-state index in [0.717, 1.165) is 33.9 Å². The topological polar surface area (TPSA) is 51.0 Å². The van der Waals surface area contributed by atoms with Gasteiger partial charge in [-0.15, -0.1) is 4.33 Å². The molecule has 0 fully saturated rings. The molecule has 4 nitrogen and oxygen atoms in total. The first-order valence-electron chi connectivity index (χ1n) is 4.91. The largest absolute Gasteiger partial charge is 0.257 e. The van der Waals surface area contributed by atoms with Crippen LogP contribution in [0.1, 0.15) is 26.3 Å². The third-order valence-electron chi connectivity index (χ3n) is 2.99. The summed E-state index contributed by atoms with van der Waals surface area (Å²) in [4.78, 5) is 5.38. The highest BCUT2D eigenvalue weighted by atomic mass is 32.2. The molecule has 0 aromatic heterocycles. The second-order valence-electron chi connectivity index (χ2n) is 4.23. The number of rotatable bonds is 3. The van der Waals surface area contributed by atoms with Gasteiger partial charge in [-0.3, -0.25) is 4.99 Å². The van der Waals surface area contributed by atoms with Crippen molar-refractivity contribution in [2.45, 2.75) is 31.1 Å². The van der Waals surface area contributed by atoms with E-state index in [-0.39, 0.29) is 5.41 Å². The van der Waals surface area contributed by atoms with Crippen molar-refractivity contribution in [2.75, 3.05) is 0 Å². The molecule has 0 saturated heterocycles. The van der Waals surface area contributed by atoms with E-state index in [4.69, 9.17) is 5.26 Å². The Labute approximate surface area is 98.4 Å². The minimum absolute atomic E-state index is 0.0496. The average Bonchev–Trinajstić information content (AvgIpc) is 2.48. The minimum atomic E-state index is -0.0496. The zero-order chi connectivity index (χ0) is 11.8. The molecule has 0 aliphatic carbocycles. The van der Waals surface area contributed by atoms with Crippen molar-refractivity contribution >= 4 is 23.4 Å². The van der Waals surface area contributed by atoms with Crippen LogP contribution in [0.3, 0.4) is 0 Å². The molecule has 0 saturated carbocycles. The predicted molar refractivity (Wildman–Crippen MR) is 62.9 cm³/mol. The molecule has 1 heterocycles. The van der Waals surface area contributed by atoms with Gasteiger partial charge < -0.3 is 0 Å². The van der Waals surface area contributed by atoms with Crippen LogP contribution in [0.15, 0.2) is 28.1 Å². The van der Waals surface area contributed by atoms with Gasteiger partial charge in [0.15, 0.2) is 0 Å². The number of aliphatic imine (C=N–C) groups is 1. The Hall–Kier alpha value is -0.880. The number of hydrogen-bond donors (Lipinski definition) is 1. The van der Waals surface area contributed by atoms with Crippen LogP contribution >= 0.6 is 12.0 Å². The van der Waals surface area contributed by atoms with Crippen LogP contribution in [0.2, 0.25) is 0 Å². The Morgan fingerprint density at radius 1 is 1.38 bits per heavy atom. The highest BCUT2D eigenvalue weighted by Crippen LogP contribution is 2.41. The zero-order valence-corrected chi connectivity index (χ0v) is 10.2. The van der Waals surface area contributed by atoms with E-state index >= 15 is 0 Å². The molecule has 86 valence electrons. The molecular formula is C11H13NO3S. The highest BCUT2D eigenvalue weighted by Gasteiger charge is 2.32. The molecule has 1 aliphatic rings. The Kier molecular flexibility index (Phi) is 3.03. The Balaban J connectivity index is 2.33. The number of nitrogens with zero attached hydrogens (tertiary/aromatic N) is 1. The minimum Gasteiger partial charge on any atom is -0.257 e. The zero-order valence-electron chi connectivity index (χ0n) is 9.35. The summed E-state index contributed by atoms with van der Waals surface area (Å²) in [6, 6.07) is 5.82. The van der Waals surface area contributed by atoms with Crippen LogP contribution < -0.4 is 0 Å². The molecule has 0 amide bonds. The maximum atomic E-state index is 8.10. The van der Waals surface area contributed by atoms with Crippen molar-refractivity contribution in [3.8, 4) is 0 Å². The molecule has 0 spiro atoms. The van der Waals surface area contributed by atoms with Gasteiger partial charge in [0.1, 0.15) is 0 Å². The first-order chi connectivity index (χ1) is 7.55. The van der Waals surface area contributed by atoms with Gasteiger partial charge in [-0.25, -0.2) is 5.26 Å². The van der Waals surface area contributed by atoms with Crippen molar-refractivity contribution in [3.05, 3.63) is 23.8 Å². The Bertz CT molecular complexity index is 443. The number of hydrogen-bond acceptors (Lipinski definition) is 5. The van der Waals surface area contributed by atoms with Crippen LogP contribution in [-0.2, 0) is 14.8 Å². The summed E-state index contributed by atoms with van der Waals surface area (Å²) in [7, 11) is 0. The molecule has 0 radical (unpaired) electrons. The van der Waals surface area contributed by atoms with Crippen LogP contribution in [0, 0.1) is 0 Å². The molecule has 5 heteroatoms. The van der Waals surface area contributed by atoms with E-state index in [2.05, 4.69) is 28.2 Å². The summed E-state index contributed by atoms with van der Waals surface area (Å²) >= 11 is 0.965. The van der Waals surface area contributed by atoms with E-state index in [1.54, 1.807) is 0 Å². The second kappa shape index (κ2) is 4.18. The number of fused-ring (bicyclic) bond motifs is 1. The molecule has 16 heavy (non-hydrogen) atoms. The van der Waals surface area contributed by atoms with Crippen LogP contribution in [0.25, 0.3) is 0 Å². The maximum absolute atomic E-state index is 8.10. The van der Waals surface area contributed by atoms with Gasteiger partial charge in [-0.1, -0.05) is 18.9 Å². The van der Waals surface area contributed by atoms with E-state index in [1.807, 2.05) is 25.1 Å². The smallest absolute Gasteiger partial charge is 0.0714 e. The van der Waals surface area contributed by atoms with Gasteiger partial charge in [0.25, 0.3) is 0 Å². The maximum Gasteiger partial charge on any atom is 0.0714 e. The highest BCUT2D eigenvalue weighted by molar-refractivity contribution is 7.94. The SMILES string of the molecule is CC1=Nc2ccc(SOOO)cc2C1(C)C. The van der Waals surface area contributed by atoms with Gasteiger partial charge in [0, 0.05) is 16.0 Å². The van der Waals surface area contributed by atoms with Crippen molar-refractivity contribution in [3.63, 3.8) is 0 Å². The van der Waals surface area contributed by atoms with E-state index in [0.29, 0.717) is 0 Å². The fraction of sp³-hybridized carbons (Fsp3) is 0.364. The molecule has 1 aromatic rings. The lowest BCUT2D eigenvalue weighted by Crippen LogP contribution is -2.22. The third-order valence-corrected chi connectivity index (χ3v) is 3.57. The Morgan fingerprint density at radius 2 is 2.12 bits per heavy atom. The molecule has 1 aromatic carbocycles. The molecule has 0 atom stereocenters. The third kappa shape index (κ3) is 1.87. The summed E-state index contributed by atoms with van der Waals surface area (Å²) in [5.74, 6) is 0. The summed E-state index contributed by atoms with van der Waals surface area (Å²) in [5.41, 5.74) is 3.21. The van der Waals surface area contributed by atoms with Crippen molar-refractivity contribution in [1.29, 1.82) is 0 Å². The fourth-order valence-electron chi connectivity index (χ4n) is 1.73. The average molecular weight is 239 g/mol. The van der Waals surface area contributed by atoms with Crippen LogP contribution in [-0.4, -0.2) is 11.0 Å². The van der Waals surface area contributed by atoms with Crippen LogP contribution in [0.4, 0.5) is 5.69 Å². The molecular weight excluding hydrogens is 226 g/mol. The fourth-order valence-corrected chi connectivity index (χ4v) is 2.13. The number of benzene rings is 1. The molecule has 0 unspecified atom stereocenters. The molecule has 1 aliphatic heterocycles. The summed E-state index contributed by atoms with van der Waals surface area (Å²) in [6.45, 7) is 6.30. The predicted octanol–water partition coefficient (Wildman–Crippen LogP) is 3.50. The Morgan fingerprint density at radius 3 is 2.81 bits per heavy atom. The van der Waals surface area contributed by atoms with Gasteiger partial charge >= 0.3 is 0 Å². The van der Waals surface area contributed by atoms with E-state index in [9.17, 15) is 0 Å². The summed E-state index contributed by atoms with van der Waals surface area (Å²) in [5, 5.41) is 11.7. The first kappa shape index (κ1) is 11.6. The van der Waals surface area contributed by atoms with Crippen molar-refractivity contribution in [2.24, 2.45) is 4.99 Å².